The molecule has 0 aromatic heterocycles. The van der Waals surface area contributed by atoms with Gasteiger partial charge in [-0.15, -0.1) is 0 Å². The molecule has 2 aliphatic rings. The van der Waals surface area contributed by atoms with E-state index in [1.54, 1.807) is 19.2 Å². The first kappa shape index (κ1) is 20.7. The molecule has 1 aliphatic carbocycles. The summed E-state index contributed by atoms with van der Waals surface area (Å²) in [6.07, 6.45) is 6.74. The van der Waals surface area contributed by atoms with Crippen molar-refractivity contribution < 1.29 is 14.3 Å². The maximum atomic E-state index is 13.3. The van der Waals surface area contributed by atoms with E-state index in [2.05, 4.69) is 40.2 Å². The molecule has 0 unspecified atom stereocenters. The van der Waals surface area contributed by atoms with Crippen molar-refractivity contribution in [2.45, 2.75) is 19.3 Å². The largest absolute Gasteiger partial charge is 0.493 e. The number of anilines is 1. The highest BCUT2D eigenvalue weighted by atomic mass is 79.9. The number of nitrogens with zero attached hydrogens (tertiary/aromatic N) is 2. The Morgan fingerprint density at radius 2 is 1.70 bits per heavy atom. The zero-order valence-electron chi connectivity index (χ0n) is 17.2. The number of carbonyl (C=O) groups is 1. The van der Waals surface area contributed by atoms with Gasteiger partial charge in [-0.1, -0.05) is 40.2 Å². The second kappa shape index (κ2) is 9.04. The fourth-order valence-corrected chi connectivity index (χ4v) is 4.60. The van der Waals surface area contributed by atoms with Crippen LogP contribution in [-0.4, -0.2) is 31.2 Å². The van der Waals surface area contributed by atoms with Crippen LogP contribution in [0.3, 0.4) is 0 Å². The first-order valence-corrected chi connectivity index (χ1v) is 11.2. The second-order valence-corrected chi connectivity index (χ2v) is 8.26. The number of carbonyl (C=O) groups excluding carboxylic acids is 1. The molecule has 0 saturated carbocycles. The van der Waals surface area contributed by atoms with Crippen molar-refractivity contribution in [2.24, 2.45) is 16.9 Å². The summed E-state index contributed by atoms with van der Waals surface area (Å²) in [6.45, 7) is 0. The van der Waals surface area contributed by atoms with Crippen LogP contribution in [0.4, 0.5) is 5.69 Å². The number of halogens is 1. The van der Waals surface area contributed by atoms with Gasteiger partial charge in [0.05, 0.1) is 31.5 Å². The van der Waals surface area contributed by atoms with Gasteiger partial charge >= 0.3 is 0 Å². The molecule has 1 amide bonds. The van der Waals surface area contributed by atoms with Crippen molar-refractivity contribution in [3.63, 3.8) is 0 Å². The van der Waals surface area contributed by atoms with Crippen LogP contribution in [0.5, 0.6) is 11.5 Å². The van der Waals surface area contributed by atoms with Crippen molar-refractivity contribution in [1.82, 2.24) is 0 Å². The average molecular weight is 469 g/mol. The maximum absolute atomic E-state index is 13.3. The Bertz CT molecular complexity index is 984. The summed E-state index contributed by atoms with van der Waals surface area (Å²) in [4.78, 5) is 13.3. The van der Waals surface area contributed by atoms with E-state index in [9.17, 15) is 4.79 Å². The number of benzene rings is 2. The van der Waals surface area contributed by atoms with Gasteiger partial charge in [0.25, 0.3) is 5.91 Å². The lowest BCUT2D eigenvalue weighted by atomic mass is 9.76. The minimum absolute atomic E-state index is 0.0572. The normalized spacial score (nSPS) is 20.6. The smallest absolute Gasteiger partial charge is 0.251 e. The number of hydrogen-bond acceptors (Lipinski definition) is 4. The zero-order chi connectivity index (χ0) is 21.1. The Balaban J connectivity index is 1.77. The molecule has 0 spiro atoms. The fraction of sp³-hybridized carbons (Fsp3) is 0.333. The van der Waals surface area contributed by atoms with Crippen LogP contribution in [0.1, 0.15) is 24.0 Å². The van der Waals surface area contributed by atoms with Gasteiger partial charge in [0, 0.05) is 16.8 Å². The third kappa shape index (κ3) is 3.88. The maximum Gasteiger partial charge on any atom is 0.251 e. The number of alkyl halides is 1. The van der Waals surface area contributed by atoms with E-state index in [1.807, 2.05) is 30.3 Å². The lowest BCUT2D eigenvalue weighted by Crippen LogP contribution is -2.45. The SMILES string of the molecule is COc1ccc(C2=NN(c3ccc(CCBr)cc3)C(=O)[C@@H]3CC=CC[C@H]23)cc1OC. The summed E-state index contributed by atoms with van der Waals surface area (Å²) < 4.78 is 10.9. The topological polar surface area (TPSA) is 51.1 Å². The molecule has 0 fully saturated rings. The third-order valence-electron chi connectivity index (χ3n) is 5.76. The number of amides is 1. The average Bonchev–Trinajstić information content (AvgIpc) is 2.80. The van der Waals surface area contributed by atoms with Crippen molar-refractivity contribution in [3.8, 4) is 11.5 Å². The molecule has 4 rings (SSSR count). The van der Waals surface area contributed by atoms with Gasteiger partial charge in [0.1, 0.15) is 0 Å². The highest BCUT2D eigenvalue weighted by molar-refractivity contribution is 9.09. The van der Waals surface area contributed by atoms with E-state index in [-0.39, 0.29) is 17.7 Å². The van der Waals surface area contributed by atoms with Crippen LogP contribution in [0.25, 0.3) is 0 Å². The number of fused-ring (bicyclic) bond motifs is 1. The van der Waals surface area contributed by atoms with Crippen molar-refractivity contribution in [1.29, 1.82) is 0 Å². The minimum Gasteiger partial charge on any atom is -0.493 e. The number of methoxy groups -OCH3 is 2. The van der Waals surface area contributed by atoms with Gasteiger partial charge in [0.15, 0.2) is 11.5 Å². The van der Waals surface area contributed by atoms with E-state index >= 15 is 0 Å². The number of aryl methyl sites for hydroxylation is 1. The number of rotatable bonds is 6. The Morgan fingerprint density at radius 1 is 1.00 bits per heavy atom. The second-order valence-electron chi connectivity index (χ2n) is 7.47. The minimum atomic E-state index is -0.113. The molecule has 5 nitrogen and oxygen atoms in total. The number of hydrogen-bond donors (Lipinski definition) is 0. The zero-order valence-corrected chi connectivity index (χ0v) is 18.8. The van der Waals surface area contributed by atoms with E-state index in [0.717, 1.165) is 41.6 Å². The molecule has 2 atom stereocenters. The lowest BCUT2D eigenvalue weighted by molar-refractivity contribution is -0.123. The standard InChI is InChI=1S/C24H25BrN2O3/c1-29-21-12-9-17(15-22(21)30-2)23-19-5-3-4-6-20(19)24(28)27(26-23)18-10-7-16(8-11-18)13-14-25/h3-4,7-12,15,19-20H,5-6,13-14H2,1-2H3/t19-,20+/m0/s1. The number of allylic oxidation sites excluding steroid dienone is 2. The Labute approximate surface area is 185 Å². The van der Waals surface area contributed by atoms with Crippen LogP contribution in [-0.2, 0) is 11.2 Å². The predicted molar refractivity (Wildman–Crippen MR) is 123 cm³/mol. The first-order chi connectivity index (χ1) is 14.7. The summed E-state index contributed by atoms with van der Waals surface area (Å²) >= 11 is 3.47. The van der Waals surface area contributed by atoms with Crippen molar-refractivity contribution in [2.75, 3.05) is 24.6 Å². The van der Waals surface area contributed by atoms with Crippen LogP contribution >= 0.6 is 15.9 Å². The molecule has 30 heavy (non-hydrogen) atoms. The molecule has 0 saturated heterocycles. The molecule has 0 radical (unpaired) electrons. The Hall–Kier alpha value is -2.60. The van der Waals surface area contributed by atoms with Gasteiger partial charge in [0.2, 0.25) is 0 Å². The first-order valence-electron chi connectivity index (χ1n) is 10.1. The third-order valence-corrected chi connectivity index (χ3v) is 6.16. The van der Waals surface area contributed by atoms with Crippen molar-refractivity contribution >= 4 is 33.2 Å². The molecular weight excluding hydrogens is 444 g/mol. The van der Waals surface area contributed by atoms with E-state index in [4.69, 9.17) is 14.6 Å². The molecular formula is C24H25BrN2O3. The van der Waals surface area contributed by atoms with Crippen molar-refractivity contribution in [3.05, 3.63) is 65.7 Å². The highest BCUT2D eigenvalue weighted by Crippen LogP contribution is 2.38. The molecule has 1 aliphatic heterocycles. The van der Waals surface area contributed by atoms with Crippen LogP contribution in [0.15, 0.2) is 59.7 Å². The van der Waals surface area contributed by atoms with Gasteiger partial charge in [-0.3, -0.25) is 4.79 Å². The summed E-state index contributed by atoms with van der Waals surface area (Å²) in [7, 11) is 3.25. The molecule has 0 N–H and O–H groups in total. The lowest BCUT2D eigenvalue weighted by Gasteiger charge is -2.37. The fourth-order valence-electron chi connectivity index (χ4n) is 4.14. The molecule has 2 aromatic rings. The summed E-state index contributed by atoms with van der Waals surface area (Å²) in [5.41, 5.74) is 3.88. The van der Waals surface area contributed by atoms with Crippen LogP contribution in [0.2, 0.25) is 0 Å². The molecule has 156 valence electrons. The Morgan fingerprint density at radius 3 is 2.37 bits per heavy atom. The molecule has 6 heteroatoms. The predicted octanol–water partition coefficient (Wildman–Crippen LogP) is 4.97. The monoisotopic (exact) mass is 468 g/mol. The van der Waals surface area contributed by atoms with E-state index < -0.39 is 0 Å². The van der Waals surface area contributed by atoms with Crippen LogP contribution < -0.4 is 14.5 Å². The van der Waals surface area contributed by atoms with Crippen LogP contribution in [0, 0.1) is 11.8 Å². The summed E-state index contributed by atoms with van der Waals surface area (Å²) in [5, 5.41) is 7.34. The quantitative estimate of drug-likeness (QED) is 0.443. The van der Waals surface area contributed by atoms with Gasteiger partial charge in [-0.25, -0.2) is 5.01 Å². The number of hydrazone groups is 1. The highest BCUT2D eigenvalue weighted by Gasteiger charge is 2.40. The summed E-state index contributed by atoms with van der Waals surface area (Å²) in [6, 6.07) is 13.9. The summed E-state index contributed by atoms with van der Waals surface area (Å²) in [5.74, 6) is 1.33. The molecule has 2 aromatic carbocycles. The van der Waals surface area contributed by atoms with Gasteiger partial charge in [-0.2, -0.15) is 5.10 Å². The van der Waals surface area contributed by atoms with E-state index in [1.165, 1.54) is 5.56 Å². The van der Waals surface area contributed by atoms with Gasteiger partial charge in [-0.05, 0) is 55.2 Å². The molecule has 0 bridgehead atoms. The number of ether oxygens (including phenoxy) is 2. The van der Waals surface area contributed by atoms with E-state index in [0.29, 0.717) is 11.5 Å². The Kier molecular flexibility index (Phi) is 6.23. The van der Waals surface area contributed by atoms with Gasteiger partial charge < -0.3 is 9.47 Å². The molecule has 1 heterocycles.